The number of carbonyl (C=O) groups is 2. The molecule has 5 rings (SSSR count). The van der Waals surface area contributed by atoms with Gasteiger partial charge in [0, 0.05) is 26.1 Å². The summed E-state index contributed by atoms with van der Waals surface area (Å²) < 4.78 is 16.8. The average molecular weight is 409 g/mol. The van der Waals surface area contributed by atoms with E-state index in [0.29, 0.717) is 30.7 Å². The van der Waals surface area contributed by atoms with E-state index in [-0.39, 0.29) is 11.8 Å². The molecule has 2 saturated heterocycles. The van der Waals surface area contributed by atoms with Crippen molar-refractivity contribution in [2.75, 3.05) is 39.5 Å². The molecule has 2 aliphatic rings. The molecule has 30 heavy (non-hydrogen) atoms. The number of carbonyl (C=O) groups excluding carboxylic acids is 2. The van der Waals surface area contributed by atoms with Crippen LogP contribution in [-0.4, -0.2) is 61.3 Å². The van der Waals surface area contributed by atoms with Crippen LogP contribution in [0.15, 0.2) is 34.9 Å². The standard InChI is InChI=1S/C22H23N3O5/c26-19-6-4-17(22(27)23-19)21-20-16-3-2-15(13-14(16)1-5-18(20)30-24-21)29-12-9-25-7-10-28-11-8-25/h1-3,5,13,17H,4,6-12H2,(H,23,26,27). The Kier molecular flexibility index (Phi) is 5.10. The monoisotopic (exact) mass is 409 g/mol. The number of rotatable bonds is 5. The van der Waals surface area contributed by atoms with Crippen LogP contribution in [0.3, 0.4) is 0 Å². The molecule has 2 aromatic carbocycles. The Morgan fingerprint density at radius 3 is 2.87 bits per heavy atom. The minimum atomic E-state index is -0.487. The van der Waals surface area contributed by atoms with Crippen LogP contribution in [0.2, 0.25) is 0 Å². The molecule has 0 spiro atoms. The normalized spacial score (nSPS) is 20.6. The van der Waals surface area contributed by atoms with Crippen molar-refractivity contribution in [2.24, 2.45) is 0 Å². The summed E-state index contributed by atoms with van der Waals surface area (Å²) in [4.78, 5) is 26.2. The van der Waals surface area contributed by atoms with Gasteiger partial charge in [-0.05, 0) is 41.5 Å². The fraction of sp³-hybridized carbons (Fsp3) is 0.409. The smallest absolute Gasteiger partial charge is 0.235 e. The summed E-state index contributed by atoms with van der Waals surface area (Å²) in [5.41, 5.74) is 1.21. The maximum atomic E-state index is 12.3. The lowest BCUT2D eigenvalue weighted by Gasteiger charge is -2.26. The lowest BCUT2D eigenvalue weighted by molar-refractivity contribution is -0.134. The Hall–Kier alpha value is -2.97. The summed E-state index contributed by atoms with van der Waals surface area (Å²) in [5, 5.41) is 9.34. The summed E-state index contributed by atoms with van der Waals surface area (Å²) in [6, 6.07) is 9.73. The first-order valence-electron chi connectivity index (χ1n) is 10.3. The largest absolute Gasteiger partial charge is 0.492 e. The van der Waals surface area contributed by atoms with Gasteiger partial charge in [0.1, 0.15) is 18.1 Å². The molecule has 2 aliphatic heterocycles. The third-order valence-electron chi connectivity index (χ3n) is 5.80. The Morgan fingerprint density at radius 1 is 1.17 bits per heavy atom. The molecule has 0 bridgehead atoms. The molecule has 1 unspecified atom stereocenters. The van der Waals surface area contributed by atoms with Crippen molar-refractivity contribution in [3.63, 3.8) is 0 Å². The number of imide groups is 1. The van der Waals surface area contributed by atoms with E-state index in [1.807, 2.05) is 30.3 Å². The molecular formula is C22H23N3O5. The number of amides is 2. The summed E-state index contributed by atoms with van der Waals surface area (Å²) in [5.74, 6) is -0.248. The van der Waals surface area contributed by atoms with Gasteiger partial charge in [-0.3, -0.25) is 19.8 Å². The minimum Gasteiger partial charge on any atom is -0.492 e. The highest BCUT2D eigenvalue weighted by atomic mass is 16.5. The zero-order chi connectivity index (χ0) is 20.5. The highest BCUT2D eigenvalue weighted by Gasteiger charge is 2.32. The van der Waals surface area contributed by atoms with Crippen molar-refractivity contribution in [1.82, 2.24) is 15.4 Å². The quantitative estimate of drug-likeness (QED) is 0.646. The number of nitrogens with one attached hydrogen (secondary N) is 1. The third kappa shape index (κ3) is 3.64. The molecule has 1 atom stereocenters. The van der Waals surface area contributed by atoms with Crippen LogP contribution in [0.4, 0.5) is 0 Å². The molecule has 8 nitrogen and oxygen atoms in total. The van der Waals surface area contributed by atoms with Crippen LogP contribution in [0.5, 0.6) is 5.75 Å². The van der Waals surface area contributed by atoms with Crippen molar-refractivity contribution >= 4 is 33.6 Å². The van der Waals surface area contributed by atoms with E-state index in [2.05, 4.69) is 15.4 Å². The number of aromatic nitrogens is 1. The van der Waals surface area contributed by atoms with Crippen molar-refractivity contribution in [3.8, 4) is 5.75 Å². The van der Waals surface area contributed by atoms with E-state index in [4.69, 9.17) is 14.0 Å². The molecule has 156 valence electrons. The van der Waals surface area contributed by atoms with Crippen LogP contribution in [0, 0.1) is 0 Å². The van der Waals surface area contributed by atoms with Gasteiger partial charge in [0.25, 0.3) is 0 Å². The molecule has 2 amide bonds. The predicted octanol–water partition coefficient (Wildman–Crippen LogP) is 2.21. The second-order valence-electron chi connectivity index (χ2n) is 7.70. The van der Waals surface area contributed by atoms with Crippen molar-refractivity contribution in [2.45, 2.75) is 18.8 Å². The van der Waals surface area contributed by atoms with Crippen LogP contribution in [0.25, 0.3) is 21.7 Å². The zero-order valence-electron chi connectivity index (χ0n) is 16.6. The molecule has 3 aromatic rings. The molecule has 0 saturated carbocycles. The predicted molar refractivity (Wildman–Crippen MR) is 109 cm³/mol. The van der Waals surface area contributed by atoms with Crippen molar-refractivity contribution in [1.29, 1.82) is 0 Å². The molecular weight excluding hydrogens is 386 g/mol. The van der Waals surface area contributed by atoms with Gasteiger partial charge in [0.05, 0.1) is 24.5 Å². The van der Waals surface area contributed by atoms with E-state index >= 15 is 0 Å². The maximum absolute atomic E-state index is 12.3. The van der Waals surface area contributed by atoms with Gasteiger partial charge >= 0.3 is 0 Å². The molecule has 1 N–H and O–H groups in total. The Bertz CT molecular complexity index is 1100. The molecule has 3 heterocycles. The fourth-order valence-corrected chi connectivity index (χ4v) is 4.17. The van der Waals surface area contributed by atoms with Crippen LogP contribution >= 0.6 is 0 Å². The number of morpholine rings is 1. The third-order valence-corrected chi connectivity index (χ3v) is 5.80. The lowest BCUT2D eigenvalue weighted by atomic mass is 9.91. The number of benzene rings is 2. The number of fused-ring (bicyclic) bond motifs is 3. The topological polar surface area (TPSA) is 93.9 Å². The summed E-state index contributed by atoms with van der Waals surface area (Å²) in [6.07, 6.45) is 0.738. The minimum absolute atomic E-state index is 0.243. The maximum Gasteiger partial charge on any atom is 0.235 e. The molecule has 2 fully saturated rings. The van der Waals surface area contributed by atoms with E-state index < -0.39 is 5.92 Å². The van der Waals surface area contributed by atoms with Gasteiger partial charge in [-0.2, -0.15) is 0 Å². The van der Waals surface area contributed by atoms with Gasteiger partial charge in [-0.1, -0.05) is 11.2 Å². The highest BCUT2D eigenvalue weighted by molar-refractivity contribution is 6.10. The van der Waals surface area contributed by atoms with Crippen LogP contribution in [-0.2, 0) is 14.3 Å². The van der Waals surface area contributed by atoms with E-state index in [0.717, 1.165) is 54.8 Å². The first-order chi connectivity index (χ1) is 14.7. The summed E-state index contributed by atoms with van der Waals surface area (Å²) >= 11 is 0. The Balaban J connectivity index is 1.39. The van der Waals surface area contributed by atoms with Gasteiger partial charge in [0.2, 0.25) is 11.8 Å². The van der Waals surface area contributed by atoms with Gasteiger partial charge < -0.3 is 14.0 Å². The Labute approximate surface area is 173 Å². The van der Waals surface area contributed by atoms with Gasteiger partial charge in [-0.25, -0.2) is 0 Å². The van der Waals surface area contributed by atoms with Crippen molar-refractivity contribution in [3.05, 3.63) is 36.0 Å². The van der Waals surface area contributed by atoms with Crippen LogP contribution < -0.4 is 10.1 Å². The van der Waals surface area contributed by atoms with E-state index in [1.54, 1.807) is 0 Å². The highest BCUT2D eigenvalue weighted by Crippen LogP contribution is 2.36. The van der Waals surface area contributed by atoms with E-state index in [9.17, 15) is 9.59 Å². The first-order valence-corrected chi connectivity index (χ1v) is 10.3. The summed E-state index contributed by atoms with van der Waals surface area (Å²) in [6.45, 7) is 4.92. The average Bonchev–Trinajstić information content (AvgIpc) is 3.19. The molecule has 8 heteroatoms. The Morgan fingerprint density at radius 2 is 2.03 bits per heavy atom. The van der Waals surface area contributed by atoms with Crippen molar-refractivity contribution < 1.29 is 23.6 Å². The molecule has 0 aliphatic carbocycles. The molecule has 1 aromatic heterocycles. The SMILES string of the molecule is O=C1CCC(c2noc3ccc4cc(OCCN5CCOCC5)ccc4c23)C(=O)N1. The molecule has 0 radical (unpaired) electrons. The van der Waals surface area contributed by atoms with E-state index in [1.165, 1.54) is 0 Å². The number of piperidine rings is 1. The number of ether oxygens (including phenoxy) is 2. The number of hydrogen-bond donors (Lipinski definition) is 1. The van der Waals surface area contributed by atoms with Crippen LogP contribution in [0.1, 0.15) is 24.5 Å². The first kappa shape index (κ1) is 19.0. The number of hydrogen-bond acceptors (Lipinski definition) is 7. The summed E-state index contributed by atoms with van der Waals surface area (Å²) in [7, 11) is 0. The second kappa shape index (κ2) is 8.04. The zero-order valence-corrected chi connectivity index (χ0v) is 16.6. The lowest BCUT2D eigenvalue weighted by Crippen LogP contribution is -2.39. The van der Waals surface area contributed by atoms with Gasteiger partial charge in [-0.15, -0.1) is 0 Å². The van der Waals surface area contributed by atoms with Gasteiger partial charge in [0.15, 0.2) is 5.58 Å². The number of nitrogens with zero attached hydrogens (tertiary/aromatic N) is 2. The fourth-order valence-electron chi connectivity index (χ4n) is 4.17. The second-order valence-corrected chi connectivity index (χ2v) is 7.70.